The first-order valence-corrected chi connectivity index (χ1v) is 13.9. The van der Waals surface area contributed by atoms with Crippen molar-refractivity contribution in [2.75, 3.05) is 35.9 Å². The summed E-state index contributed by atoms with van der Waals surface area (Å²) >= 11 is 0. The van der Waals surface area contributed by atoms with Gasteiger partial charge in [0.05, 0.1) is 34.5 Å². The summed E-state index contributed by atoms with van der Waals surface area (Å²) in [5, 5.41) is 5.57. The molecule has 1 atom stereocenters. The van der Waals surface area contributed by atoms with E-state index in [-0.39, 0.29) is 33.8 Å². The second-order valence-electron chi connectivity index (χ2n) is 8.66. The molecule has 1 aliphatic heterocycles. The number of carbonyl (C=O) groups excluding carboxylic acids is 2. The minimum atomic E-state index is -4.13. The van der Waals surface area contributed by atoms with E-state index in [0.717, 1.165) is 17.1 Å². The highest BCUT2D eigenvalue weighted by molar-refractivity contribution is 7.92. The molecule has 0 bridgehead atoms. The van der Waals surface area contributed by atoms with E-state index in [1.165, 1.54) is 12.1 Å². The summed E-state index contributed by atoms with van der Waals surface area (Å²) in [4.78, 5) is 26.2. The van der Waals surface area contributed by atoms with Crippen LogP contribution in [-0.2, 0) is 19.6 Å². The first kappa shape index (κ1) is 27.2. The number of anilines is 2. The predicted molar refractivity (Wildman–Crippen MR) is 145 cm³/mol. The van der Waals surface area contributed by atoms with Crippen molar-refractivity contribution in [1.82, 2.24) is 5.32 Å². The van der Waals surface area contributed by atoms with Crippen molar-refractivity contribution in [2.45, 2.75) is 30.8 Å². The second kappa shape index (κ2) is 12.6. The molecule has 1 aliphatic rings. The third-order valence-corrected chi connectivity index (χ3v) is 7.79. The molecule has 2 N–H and O–H groups in total. The Morgan fingerprint density at radius 3 is 2.45 bits per heavy atom. The Balaban J connectivity index is 1.58. The lowest BCUT2D eigenvalue weighted by molar-refractivity contribution is -0.114. The molecule has 4 rings (SSSR count). The van der Waals surface area contributed by atoms with Gasteiger partial charge in [0, 0.05) is 13.2 Å². The third kappa shape index (κ3) is 6.51. The topological polar surface area (TPSA) is 114 Å². The van der Waals surface area contributed by atoms with Gasteiger partial charge in [-0.25, -0.2) is 8.42 Å². The molecular formula is C28H31N3O6S. The monoisotopic (exact) mass is 537 g/mol. The quantitative estimate of drug-likeness (QED) is 0.384. The van der Waals surface area contributed by atoms with E-state index in [0.29, 0.717) is 25.5 Å². The SMILES string of the molecule is CCOc1ccccc1N(CC(=O)Nc1ccccc1C(=O)NC[C@@H]1CCCO1)S(=O)(=O)c1ccccc1. The van der Waals surface area contributed by atoms with E-state index in [1.807, 2.05) is 0 Å². The van der Waals surface area contributed by atoms with Crippen LogP contribution in [0.15, 0.2) is 83.8 Å². The van der Waals surface area contributed by atoms with Crippen molar-refractivity contribution in [3.63, 3.8) is 0 Å². The Hall–Kier alpha value is -3.89. The van der Waals surface area contributed by atoms with E-state index in [9.17, 15) is 18.0 Å². The summed E-state index contributed by atoms with van der Waals surface area (Å²) in [5.74, 6) is -0.641. The largest absolute Gasteiger partial charge is 0.492 e. The van der Waals surface area contributed by atoms with Crippen molar-refractivity contribution in [3.05, 3.63) is 84.4 Å². The number of carbonyl (C=O) groups is 2. The standard InChI is InChI=1S/C28H31N3O6S/c1-2-36-26-17-9-8-16-25(26)31(38(34,35)22-12-4-3-5-13-22)20-27(32)30-24-15-7-6-14-23(24)28(33)29-19-21-11-10-18-37-21/h3-9,12-17,21H,2,10-11,18-20H2,1H3,(H,29,33)(H,30,32)/t21-/m0/s1. The average molecular weight is 538 g/mol. The normalized spacial score (nSPS) is 15.0. The minimum Gasteiger partial charge on any atom is -0.492 e. The van der Waals surface area contributed by atoms with Crippen molar-refractivity contribution in [1.29, 1.82) is 0 Å². The van der Waals surface area contributed by atoms with Crippen molar-refractivity contribution >= 4 is 33.2 Å². The second-order valence-corrected chi connectivity index (χ2v) is 10.5. The maximum absolute atomic E-state index is 13.7. The van der Waals surface area contributed by atoms with E-state index in [4.69, 9.17) is 9.47 Å². The molecule has 3 aromatic rings. The maximum atomic E-state index is 13.7. The molecule has 9 nitrogen and oxygen atoms in total. The summed E-state index contributed by atoms with van der Waals surface area (Å²) in [5.41, 5.74) is 0.777. The van der Waals surface area contributed by atoms with Crippen LogP contribution in [0.1, 0.15) is 30.1 Å². The fourth-order valence-electron chi connectivity index (χ4n) is 4.18. The summed E-state index contributed by atoms with van der Waals surface area (Å²) in [7, 11) is -4.13. The molecule has 1 fully saturated rings. The zero-order valence-electron chi connectivity index (χ0n) is 21.1. The lowest BCUT2D eigenvalue weighted by atomic mass is 10.1. The van der Waals surface area contributed by atoms with Crippen molar-refractivity contribution in [3.8, 4) is 5.75 Å². The molecule has 200 valence electrons. The van der Waals surface area contributed by atoms with Gasteiger partial charge in [-0.05, 0) is 56.2 Å². The maximum Gasteiger partial charge on any atom is 0.264 e. The van der Waals surface area contributed by atoms with Gasteiger partial charge in [-0.15, -0.1) is 0 Å². The number of nitrogens with one attached hydrogen (secondary N) is 2. The number of sulfonamides is 1. The highest BCUT2D eigenvalue weighted by atomic mass is 32.2. The van der Waals surface area contributed by atoms with Gasteiger partial charge in [-0.2, -0.15) is 0 Å². The number of para-hydroxylation sites is 3. The van der Waals surface area contributed by atoms with E-state index >= 15 is 0 Å². The number of nitrogens with zero attached hydrogens (tertiary/aromatic N) is 1. The molecule has 0 radical (unpaired) electrons. The van der Waals surface area contributed by atoms with Crippen LogP contribution in [0, 0.1) is 0 Å². The van der Waals surface area contributed by atoms with Gasteiger partial charge in [0.2, 0.25) is 5.91 Å². The van der Waals surface area contributed by atoms with E-state index in [1.54, 1.807) is 73.7 Å². The Kier molecular flexibility index (Phi) is 8.98. The van der Waals surface area contributed by atoms with Gasteiger partial charge in [0.25, 0.3) is 15.9 Å². The molecule has 3 aromatic carbocycles. The average Bonchev–Trinajstić information content (AvgIpc) is 3.46. The van der Waals surface area contributed by atoms with Crippen LogP contribution in [0.5, 0.6) is 5.75 Å². The third-order valence-electron chi connectivity index (χ3n) is 6.01. The molecule has 0 saturated carbocycles. The molecule has 38 heavy (non-hydrogen) atoms. The molecule has 0 spiro atoms. The van der Waals surface area contributed by atoms with E-state index in [2.05, 4.69) is 10.6 Å². The van der Waals surface area contributed by atoms with Crippen LogP contribution in [0.3, 0.4) is 0 Å². The first-order valence-electron chi connectivity index (χ1n) is 12.5. The van der Waals surface area contributed by atoms with E-state index < -0.39 is 22.5 Å². The summed E-state index contributed by atoms with van der Waals surface area (Å²) in [6.07, 6.45) is 1.82. The first-order chi connectivity index (χ1) is 18.4. The van der Waals surface area contributed by atoms with Gasteiger partial charge in [-0.1, -0.05) is 42.5 Å². The Morgan fingerprint density at radius 1 is 1.00 bits per heavy atom. The van der Waals surface area contributed by atoms with Gasteiger partial charge in [-0.3, -0.25) is 13.9 Å². The summed E-state index contributed by atoms with van der Waals surface area (Å²) < 4.78 is 39.6. The summed E-state index contributed by atoms with van der Waals surface area (Å²) in [6.45, 7) is 2.63. The van der Waals surface area contributed by atoms with Crippen LogP contribution in [0.2, 0.25) is 0 Å². The van der Waals surface area contributed by atoms with Crippen molar-refractivity contribution in [2.24, 2.45) is 0 Å². The Morgan fingerprint density at radius 2 is 1.71 bits per heavy atom. The molecule has 2 amide bonds. The number of ether oxygens (including phenoxy) is 2. The molecular weight excluding hydrogens is 506 g/mol. The number of benzene rings is 3. The van der Waals surface area contributed by atoms with Crippen LogP contribution in [-0.4, -0.2) is 52.6 Å². The smallest absolute Gasteiger partial charge is 0.264 e. The van der Waals surface area contributed by atoms with Gasteiger partial charge >= 0.3 is 0 Å². The zero-order valence-corrected chi connectivity index (χ0v) is 21.9. The number of hydrogen-bond donors (Lipinski definition) is 2. The lowest BCUT2D eigenvalue weighted by Gasteiger charge is -2.26. The van der Waals surface area contributed by atoms with Crippen LogP contribution >= 0.6 is 0 Å². The van der Waals surface area contributed by atoms with Gasteiger partial charge in [0.15, 0.2) is 0 Å². The molecule has 1 heterocycles. The highest BCUT2D eigenvalue weighted by Crippen LogP contribution is 2.32. The molecule has 0 unspecified atom stereocenters. The van der Waals surface area contributed by atoms with Crippen LogP contribution < -0.4 is 19.7 Å². The zero-order chi connectivity index (χ0) is 27.0. The van der Waals surface area contributed by atoms with Crippen LogP contribution in [0.25, 0.3) is 0 Å². The molecule has 0 aromatic heterocycles. The fraction of sp³-hybridized carbons (Fsp3) is 0.286. The van der Waals surface area contributed by atoms with Crippen molar-refractivity contribution < 1.29 is 27.5 Å². The molecule has 10 heteroatoms. The predicted octanol–water partition coefficient (Wildman–Crippen LogP) is 3.83. The molecule has 1 saturated heterocycles. The fourth-order valence-corrected chi connectivity index (χ4v) is 5.63. The number of hydrogen-bond acceptors (Lipinski definition) is 6. The van der Waals surface area contributed by atoms with Crippen LogP contribution in [0.4, 0.5) is 11.4 Å². The lowest BCUT2D eigenvalue weighted by Crippen LogP contribution is -2.39. The highest BCUT2D eigenvalue weighted by Gasteiger charge is 2.30. The molecule has 0 aliphatic carbocycles. The Bertz CT molecular complexity index is 1360. The van der Waals surface area contributed by atoms with Gasteiger partial charge < -0.3 is 20.1 Å². The summed E-state index contributed by atoms with van der Waals surface area (Å²) in [6, 6.07) is 21.1. The van der Waals surface area contributed by atoms with Gasteiger partial charge in [0.1, 0.15) is 12.3 Å². The Labute approximate surface area is 222 Å². The number of amides is 2. The minimum absolute atomic E-state index is 0.0251. The number of rotatable bonds is 11.